The van der Waals surface area contributed by atoms with E-state index in [1.165, 1.54) is 12.8 Å². The molecule has 1 rings (SSSR count). The first-order chi connectivity index (χ1) is 8.74. The van der Waals surface area contributed by atoms with E-state index in [0.717, 1.165) is 23.6 Å². The van der Waals surface area contributed by atoms with Crippen molar-refractivity contribution in [3.05, 3.63) is 18.2 Å². The van der Waals surface area contributed by atoms with Gasteiger partial charge in [0.2, 0.25) is 0 Å². The minimum absolute atomic E-state index is 0.308. The van der Waals surface area contributed by atoms with Crippen LogP contribution in [0.3, 0.4) is 0 Å². The van der Waals surface area contributed by atoms with Crippen LogP contribution in [0.2, 0.25) is 0 Å². The molecule has 0 bridgehead atoms. The molecule has 1 unspecified atom stereocenters. The molecule has 0 saturated carbocycles. The van der Waals surface area contributed by atoms with Crippen molar-refractivity contribution < 1.29 is 9.47 Å². The number of anilines is 1. The number of nitrogens with two attached hydrogens (primary N) is 1. The third-order valence-electron chi connectivity index (χ3n) is 2.94. The first-order valence-electron chi connectivity index (χ1n) is 6.43. The number of hydrogen-bond acceptors (Lipinski definition) is 4. The van der Waals surface area contributed by atoms with Crippen molar-refractivity contribution in [3.8, 4) is 11.5 Å². The highest BCUT2D eigenvalue weighted by molar-refractivity contribution is 5.55. The fourth-order valence-corrected chi connectivity index (χ4v) is 1.86. The Morgan fingerprint density at radius 1 is 1.22 bits per heavy atom. The van der Waals surface area contributed by atoms with Gasteiger partial charge in [0.15, 0.2) is 11.5 Å². The second-order valence-corrected chi connectivity index (χ2v) is 4.29. The highest BCUT2D eigenvalue weighted by Crippen LogP contribution is 2.30. The first kappa shape index (κ1) is 14.6. The van der Waals surface area contributed by atoms with Crippen molar-refractivity contribution in [1.29, 1.82) is 0 Å². The molecule has 0 aliphatic rings. The number of methoxy groups -OCH3 is 2. The summed E-state index contributed by atoms with van der Waals surface area (Å²) < 4.78 is 10.5. The van der Waals surface area contributed by atoms with Crippen LogP contribution in [0.4, 0.5) is 5.69 Å². The van der Waals surface area contributed by atoms with Crippen LogP contribution in [-0.2, 0) is 0 Å². The van der Waals surface area contributed by atoms with E-state index in [9.17, 15) is 0 Å². The quantitative estimate of drug-likeness (QED) is 0.746. The number of rotatable bonds is 8. The lowest BCUT2D eigenvalue weighted by Crippen LogP contribution is -2.28. The molecular formula is C14H24N2O2. The Hall–Kier alpha value is -1.42. The van der Waals surface area contributed by atoms with Crippen molar-refractivity contribution in [2.24, 2.45) is 5.73 Å². The average molecular weight is 252 g/mol. The van der Waals surface area contributed by atoms with Gasteiger partial charge in [-0.25, -0.2) is 0 Å². The summed E-state index contributed by atoms with van der Waals surface area (Å²) in [6, 6.07) is 6.13. The zero-order chi connectivity index (χ0) is 13.4. The molecule has 1 atom stereocenters. The molecule has 4 nitrogen and oxygen atoms in total. The number of unbranched alkanes of at least 4 members (excludes halogenated alkanes) is 1. The van der Waals surface area contributed by atoms with Crippen LogP contribution in [0, 0.1) is 0 Å². The SMILES string of the molecule is CCCCC(CN)Nc1ccc(OC)c(OC)c1. The van der Waals surface area contributed by atoms with E-state index in [0.29, 0.717) is 12.6 Å². The maximum absolute atomic E-state index is 5.77. The van der Waals surface area contributed by atoms with Crippen LogP contribution in [0.15, 0.2) is 18.2 Å². The number of ether oxygens (including phenoxy) is 2. The van der Waals surface area contributed by atoms with Gasteiger partial charge >= 0.3 is 0 Å². The van der Waals surface area contributed by atoms with E-state index in [1.54, 1.807) is 14.2 Å². The second kappa shape index (κ2) is 7.82. The molecular weight excluding hydrogens is 228 g/mol. The third-order valence-corrected chi connectivity index (χ3v) is 2.94. The minimum atomic E-state index is 0.308. The summed E-state index contributed by atoms with van der Waals surface area (Å²) in [6.45, 7) is 2.82. The van der Waals surface area contributed by atoms with Gasteiger partial charge in [-0.15, -0.1) is 0 Å². The van der Waals surface area contributed by atoms with Gasteiger partial charge in [0, 0.05) is 24.3 Å². The minimum Gasteiger partial charge on any atom is -0.493 e. The fraction of sp³-hybridized carbons (Fsp3) is 0.571. The standard InChI is InChI=1S/C14H24N2O2/c1-4-5-6-12(10-15)16-11-7-8-13(17-2)14(9-11)18-3/h7-9,12,16H,4-6,10,15H2,1-3H3. The predicted octanol–water partition coefficient (Wildman–Crippen LogP) is 2.63. The van der Waals surface area contributed by atoms with Gasteiger partial charge in [-0.1, -0.05) is 19.8 Å². The summed E-state index contributed by atoms with van der Waals surface area (Å²) in [6.07, 6.45) is 3.45. The molecule has 0 saturated heterocycles. The van der Waals surface area contributed by atoms with Gasteiger partial charge in [-0.3, -0.25) is 0 Å². The molecule has 0 radical (unpaired) electrons. The maximum atomic E-state index is 5.77. The Morgan fingerprint density at radius 3 is 2.50 bits per heavy atom. The van der Waals surface area contributed by atoms with Gasteiger partial charge < -0.3 is 20.5 Å². The summed E-state index contributed by atoms with van der Waals surface area (Å²) in [7, 11) is 3.27. The van der Waals surface area contributed by atoms with Crippen LogP contribution in [0.25, 0.3) is 0 Å². The Labute approximate surface area is 109 Å². The molecule has 0 aliphatic heterocycles. The Bertz CT molecular complexity index is 356. The van der Waals surface area contributed by atoms with Crippen molar-refractivity contribution >= 4 is 5.69 Å². The second-order valence-electron chi connectivity index (χ2n) is 4.29. The number of hydrogen-bond donors (Lipinski definition) is 2. The summed E-state index contributed by atoms with van der Waals surface area (Å²) in [5.74, 6) is 1.47. The predicted molar refractivity (Wildman–Crippen MR) is 75.5 cm³/mol. The average Bonchev–Trinajstić information content (AvgIpc) is 2.43. The fourth-order valence-electron chi connectivity index (χ4n) is 1.86. The molecule has 102 valence electrons. The number of benzene rings is 1. The largest absolute Gasteiger partial charge is 0.493 e. The molecule has 1 aromatic carbocycles. The normalized spacial score (nSPS) is 12.0. The zero-order valence-corrected chi connectivity index (χ0v) is 11.5. The van der Waals surface area contributed by atoms with Gasteiger partial charge in [-0.05, 0) is 18.6 Å². The van der Waals surface area contributed by atoms with Crippen molar-refractivity contribution in [3.63, 3.8) is 0 Å². The van der Waals surface area contributed by atoms with Gasteiger partial charge in [0.25, 0.3) is 0 Å². The van der Waals surface area contributed by atoms with Gasteiger partial charge in [0.05, 0.1) is 14.2 Å². The molecule has 18 heavy (non-hydrogen) atoms. The van der Waals surface area contributed by atoms with E-state index in [1.807, 2.05) is 18.2 Å². The van der Waals surface area contributed by atoms with Gasteiger partial charge in [-0.2, -0.15) is 0 Å². The van der Waals surface area contributed by atoms with Crippen LogP contribution in [0.5, 0.6) is 11.5 Å². The van der Waals surface area contributed by atoms with Crippen molar-refractivity contribution in [2.75, 3.05) is 26.1 Å². The van der Waals surface area contributed by atoms with E-state index in [-0.39, 0.29) is 0 Å². The molecule has 0 aliphatic carbocycles. The molecule has 4 heteroatoms. The Kier molecular flexibility index (Phi) is 6.36. The van der Waals surface area contributed by atoms with Gasteiger partial charge in [0.1, 0.15) is 0 Å². The van der Waals surface area contributed by atoms with Crippen LogP contribution >= 0.6 is 0 Å². The molecule has 1 aromatic rings. The molecule has 0 heterocycles. The van der Waals surface area contributed by atoms with Crippen LogP contribution in [0.1, 0.15) is 26.2 Å². The smallest absolute Gasteiger partial charge is 0.162 e. The van der Waals surface area contributed by atoms with E-state index >= 15 is 0 Å². The van der Waals surface area contributed by atoms with Crippen molar-refractivity contribution in [2.45, 2.75) is 32.2 Å². The Morgan fingerprint density at radius 2 is 1.94 bits per heavy atom. The van der Waals surface area contributed by atoms with E-state index in [4.69, 9.17) is 15.2 Å². The lowest BCUT2D eigenvalue weighted by Gasteiger charge is -2.19. The lowest BCUT2D eigenvalue weighted by molar-refractivity contribution is 0.355. The summed E-state index contributed by atoms with van der Waals surface area (Å²) in [4.78, 5) is 0. The van der Waals surface area contributed by atoms with Crippen LogP contribution < -0.4 is 20.5 Å². The number of nitrogens with one attached hydrogen (secondary N) is 1. The third kappa shape index (κ3) is 4.11. The maximum Gasteiger partial charge on any atom is 0.162 e. The van der Waals surface area contributed by atoms with E-state index < -0.39 is 0 Å². The van der Waals surface area contributed by atoms with Crippen molar-refractivity contribution in [1.82, 2.24) is 0 Å². The summed E-state index contributed by atoms with van der Waals surface area (Å²) >= 11 is 0. The molecule has 0 amide bonds. The molecule has 0 spiro atoms. The first-order valence-corrected chi connectivity index (χ1v) is 6.43. The molecule has 0 fully saturated rings. The zero-order valence-electron chi connectivity index (χ0n) is 11.5. The highest BCUT2D eigenvalue weighted by atomic mass is 16.5. The summed E-state index contributed by atoms with van der Waals surface area (Å²) in [5, 5.41) is 3.43. The monoisotopic (exact) mass is 252 g/mol. The van der Waals surface area contributed by atoms with E-state index in [2.05, 4.69) is 12.2 Å². The lowest BCUT2D eigenvalue weighted by atomic mass is 10.1. The van der Waals surface area contributed by atoms with Crippen LogP contribution in [-0.4, -0.2) is 26.8 Å². The molecule has 3 N–H and O–H groups in total. The molecule has 0 aromatic heterocycles. The highest BCUT2D eigenvalue weighted by Gasteiger charge is 2.08. The summed E-state index contributed by atoms with van der Waals surface area (Å²) in [5.41, 5.74) is 6.78. The topological polar surface area (TPSA) is 56.5 Å². The Balaban J connectivity index is 2.71.